The second-order valence-corrected chi connectivity index (χ2v) is 1.96. The number of allylic oxidation sites excluding steroid dienone is 4. The Balaban J connectivity index is -0.0000000612. The van der Waals surface area contributed by atoms with Gasteiger partial charge in [0.25, 0.3) is 0 Å². The Morgan fingerprint density at radius 1 is 1.18 bits per heavy atom. The molecule has 0 atom stereocenters. The van der Waals surface area contributed by atoms with Crippen molar-refractivity contribution in [3.63, 3.8) is 0 Å². The van der Waals surface area contributed by atoms with Crippen molar-refractivity contribution in [1.29, 1.82) is 0 Å². The molecule has 0 aromatic heterocycles. The molecule has 1 aliphatic carbocycles. The molecule has 0 fully saturated rings. The molecular formula is C7H9Cl3Zr. The van der Waals surface area contributed by atoms with Gasteiger partial charge in [0.2, 0.25) is 0 Å². The van der Waals surface area contributed by atoms with E-state index >= 15 is 0 Å². The summed E-state index contributed by atoms with van der Waals surface area (Å²) in [5.74, 6) is 0. The van der Waals surface area contributed by atoms with Crippen LogP contribution in [0.3, 0.4) is 0 Å². The summed E-state index contributed by atoms with van der Waals surface area (Å²) in [6.45, 7) is 4.24. The summed E-state index contributed by atoms with van der Waals surface area (Å²) in [7, 11) is 0. The maximum Gasteiger partial charge on any atom is 4.00 e. The maximum atomic E-state index is 3.12. The molecule has 0 spiro atoms. The molecule has 62 valence electrons. The molecule has 0 amide bonds. The van der Waals surface area contributed by atoms with Crippen molar-refractivity contribution in [3.8, 4) is 0 Å². The first-order chi connectivity index (χ1) is 3.30. The van der Waals surface area contributed by atoms with Crippen molar-refractivity contribution >= 4 is 0 Å². The van der Waals surface area contributed by atoms with Gasteiger partial charge in [-0.2, -0.15) is 6.08 Å². The van der Waals surface area contributed by atoms with Gasteiger partial charge in [-0.25, -0.2) is 11.1 Å². The molecular weight excluding hydrogens is 282 g/mol. The van der Waals surface area contributed by atoms with Crippen LogP contribution >= 0.6 is 0 Å². The molecule has 0 nitrogen and oxygen atoms in total. The van der Waals surface area contributed by atoms with E-state index in [0.29, 0.717) is 0 Å². The summed E-state index contributed by atoms with van der Waals surface area (Å²) in [6.07, 6.45) is 6.31. The topological polar surface area (TPSA) is 0 Å². The predicted molar refractivity (Wildman–Crippen MR) is 30.8 cm³/mol. The largest absolute Gasteiger partial charge is 4.00 e. The normalized spacial score (nSPS) is 12.2. The van der Waals surface area contributed by atoms with Crippen LogP contribution in [-0.2, 0) is 26.2 Å². The zero-order valence-electron chi connectivity index (χ0n) is 6.42. The van der Waals surface area contributed by atoms with Crippen LogP contribution in [0.25, 0.3) is 0 Å². The maximum absolute atomic E-state index is 3.12. The molecule has 0 N–H and O–H groups in total. The Morgan fingerprint density at radius 2 is 1.64 bits per heavy atom. The van der Waals surface area contributed by atoms with Gasteiger partial charge >= 0.3 is 26.2 Å². The molecule has 1 aliphatic rings. The van der Waals surface area contributed by atoms with E-state index in [1.807, 2.05) is 0 Å². The van der Waals surface area contributed by atoms with E-state index in [4.69, 9.17) is 0 Å². The van der Waals surface area contributed by atoms with E-state index in [1.165, 1.54) is 11.1 Å². The van der Waals surface area contributed by atoms with Crippen LogP contribution < -0.4 is 37.2 Å². The smallest absolute Gasteiger partial charge is 1.00 e. The van der Waals surface area contributed by atoms with Crippen molar-refractivity contribution in [2.24, 2.45) is 0 Å². The van der Waals surface area contributed by atoms with Crippen LogP contribution in [0, 0.1) is 6.08 Å². The molecule has 4 heteroatoms. The first kappa shape index (κ1) is 22.8. The van der Waals surface area contributed by atoms with Crippen molar-refractivity contribution in [3.05, 3.63) is 23.3 Å². The molecule has 0 bridgehead atoms. The first-order valence-corrected chi connectivity index (χ1v) is 2.55. The van der Waals surface area contributed by atoms with Crippen LogP contribution in [0.4, 0.5) is 0 Å². The average Bonchev–Trinajstić information content (AvgIpc) is 1.91. The molecule has 0 radical (unpaired) electrons. The Bertz CT molecular complexity index is 141. The van der Waals surface area contributed by atoms with Gasteiger partial charge in [0.15, 0.2) is 0 Å². The minimum absolute atomic E-state index is 0. The van der Waals surface area contributed by atoms with Crippen LogP contribution in [0.1, 0.15) is 20.3 Å². The van der Waals surface area contributed by atoms with Crippen LogP contribution in [-0.4, -0.2) is 0 Å². The zero-order valence-corrected chi connectivity index (χ0v) is 11.1. The third-order valence-electron chi connectivity index (χ3n) is 1.37. The second-order valence-electron chi connectivity index (χ2n) is 1.96. The molecule has 0 aromatic carbocycles. The van der Waals surface area contributed by atoms with Crippen molar-refractivity contribution in [1.82, 2.24) is 0 Å². The number of hydrogen-bond donors (Lipinski definition) is 0. The minimum Gasteiger partial charge on any atom is -1.00 e. The number of rotatable bonds is 0. The van der Waals surface area contributed by atoms with Gasteiger partial charge in [-0.05, 0) is 0 Å². The molecule has 0 unspecified atom stereocenters. The van der Waals surface area contributed by atoms with E-state index in [-0.39, 0.29) is 63.4 Å². The molecule has 1 rings (SSSR count). The fraction of sp³-hybridized carbons (Fsp3) is 0.429. The Morgan fingerprint density at radius 3 is 1.73 bits per heavy atom. The monoisotopic (exact) mass is 288 g/mol. The van der Waals surface area contributed by atoms with Gasteiger partial charge in [-0.3, -0.25) is 6.08 Å². The quantitative estimate of drug-likeness (QED) is 0.389. The Labute approximate surface area is 106 Å². The summed E-state index contributed by atoms with van der Waals surface area (Å²) in [5, 5.41) is 0. The third kappa shape index (κ3) is 7.59. The number of halogens is 3. The Kier molecular flexibility index (Phi) is 23.3. The summed E-state index contributed by atoms with van der Waals surface area (Å²) >= 11 is 0. The minimum atomic E-state index is 0. The first-order valence-electron chi connectivity index (χ1n) is 2.55. The van der Waals surface area contributed by atoms with Gasteiger partial charge in [0.1, 0.15) is 0 Å². The van der Waals surface area contributed by atoms with Gasteiger partial charge in [-0.15, -0.1) is 6.92 Å². The standard InChI is InChI=1S/C7H9.3ClH.Zr/c1-6-4-3-5-7(6)2;;;;/h3H,4H2,1-2H3;3*1H;/q-1;;;;+4/p-3. The fourth-order valence-electron chi connectivity index (χ4n) is 0.634. The molecule has 0 saturated heterocycles. The van der Waals surface area contributed by atoms with E-state index in [0.717, 1.165) is 6.42 Å². The summed E-state index contributed by atoms with van der Waals surface area (Å²) in [4.78, 5) is 0. The van der Waals surface area contributed by atoms with Gasteiger partial charge in [-0.1, -0.05) is 13.3 Å². The van der Waals surface area contributed by atoms with E-state index in [1.54, 1.807) is 0 Å². The molecule has 11 heavy (non-hydrogen) atoms. The van der Waals surface area contributed by atoms with Crippen molar-refractivity contribution in [2.75, 3.05) is 0 Å². The molecule has 0 aliphatic heterocycles. The van der Waals surface area contributed by atoms with E-state index < -0.39 is 0 Å². The van der Waals surface area contributed by atoms with Gasteiger partial charge < -0.3 is 37.2 Å². The van der Waals surface area contributed by atoms with Crippen LogP contribution in [0.5, 0.6) is 0 Å². The van der Waals surface area contributed by atoms with Gasteiger partial charge in [0, 0.05) is 0 Å². The van der Waals surface area contributed by atoms with Crippen LogP contribution in [0.15, 0.2) is 17.2 Å². The SMILES string of the molecule is CC1=C(C)CC=[C-]1.[Cl-].[Cl-].[Cl-].[Zr+4]. The van der Waals surface area contributed by atoms with Crippen molar-refractivity contribution in [2.45, 2.75) is 20.3 Å². The molecule has 0 saturated carbocycles. The van der Waals surface area contributed by atoms with Crippen molar-refractivity contribution < 1.29 is 63.4 Å². The molecule has 0 aromatic rings. The third-order valence-corrected chi connectivity index (χ3v) is 1.37. The zero-order chi connectivity index (χ0) is 5.28. The number of hydrogen-bond acceptors (Lipinski definition) is 0. The van der Waals surface area contributed by atoms with Crippen LogP contribution in [0.2, 0.25) is 0 Å². The second kappa shape index (κ2) is 11.2. The Hall–Kier alpha value is 1.23. The predicted octanol–water partition coefficient (Wildman–Crippen LogP) is -6.90. The van der Waals surface area contributed by atoms with E-state index in [9.17, 15) is 0 Å². The summed E-state index contributed by atoms with van der Waals surface area (Å²) in [6, 6.07) is 0. The van der Waals surface area contributed by atoms with Gasteiger partial charge in [0.05, 0.1) is 0 Å². The van der Waals surface area contributed by atoms with E-state index in [2.05, 4.69) is 26.0 Å². The average molecular weight is 291 g/mol. The fourth-order valence-corrected chi connectivity index (χ4v) is 0.634. The summed E-state index contributed by atoms with van der Waals surface area (Å²) in [5.41, 5.74) is 2.78. The molecule has 0 heterocycles. The summed E-state index contributed by atoms with van der Waals surface area (Å²) < 4.78 is 0.